The summed E-state index contributed by atoms with van der Waals surface area (Å²) in [4.78, 5) is 11.9. The van der Waals surface area contributed by atoms with Crippen molar-refractivity contribution in [1.82, 2.24) is 5.32 Å². The molecule has 2 aromatic rings. The fourth-order valence-electron chi connectivity index (χ4n) is 2.32. The second-order valence-corrected chi connectivity index (χ2v) is 5.86. The molecule has 1 amide bonds. The van der Waals surface area contributed by atoms with Crippen LogP contribution in [0.1, 0.15) is 16.7 Å². The minimum absolute atomic E-state index is 0.00806. The van der Waals surface area contributed by atoms with E-state index >= 15 is 0 Å². The van der Waals surface area contributed by atoms with Gasteiger partial charge >= 0.3 is 0 Å². The maximum absolute atomic E-state index is 11.9. The standard InChI is InChI=1S/C20H25NO4/c1-14-11-16(3)19(12-15(14)2)25-13-20(22)21-9-10-24-18-7-5-17(23-4)6-8-18/h5-8,11-12H,9-10,13H2,1-4H3,(H,21,22). The van der Waals surface area contributed by atoms with Crippen LogP contribution in [0.15, 0.2) is 36.4 Å². The first-order valence-electron chi connectivity index (χ1n) is 8.24. The van der Waals surface area contributed by atoms with E-state index in [1.165, 1.54) is 5.56 Å². The Balaban J connectivity index is 1.69. The fraction of sp³-hybridized carbons (Fsp3) is 0.350. The number of amides is 1. The quantitative estimate of drug-likeness (QED) is 0.748. The number of ether oxygens (including phenoxy) is 3. The molecule has 0 bridgehead atoms. The van der Waals surface area contributed by atoms with E-state index in [0.717, 1.165) is 28.4 Å². The molecule has 0 radical (unpaired) electrons. The van der Waals surface area contributed by atoms with E-state index < -0.39 is 0 Å². The third-order valence-electron chi connectivity index (χ3n) is 3.90. The normalized spacial score (nSPS) is 10.2. The second kappa shape index (κ2) is 8.97. The summed E-state index contributed by atoms with van der Waals surface area (Å²) in [5.41, 5.74) is 3.39. The Labute approximate surface area is 148 Å². The first-order valence-corrected chi connectivity index (χ1v) is 8.24. The van der Waals surface area contributed by atoms with Gasteiger partial charge in [-0.3, -0.25) is 4.79 Å². The fourth-order valence-corrected chi connectivity index (χ4v) is 2.32. The van der Waals surface area contributed by atoms with Crippen molar-refractivity contribution in [3.63, 3.8) is 0 Å². The molecule has 2 aromatic carbocycles. The molecule has 0 aliphatic carbocycles. The Bertz CT molecular complexity index is 710. The largest absolute Gasteiger partial charge is 0.497 e. The number of hydrogen-bond acceptors (Lipinski definition) is 4. The summed E-state index contributed by atoms with van der Waals surface area (Å²) in [5.74, 6) is 2.08. The number of nitrogens with one attached hydrogen (secondary N) is 1. The summed E-state index contributed by atoms with van der Waals surface area (Å²) in [5, 5.41) is 2.78. The molecule has 0 unspecified atom stereocenters. The Morgan fingerprint density at radius 3 is 2.24 bits per heavy atom. The highest BCUT2D eigenvalue weighted by molar-refractivity contribution is 5.77. The van der Waals surface area contributed by atoms with Crippen LogP contribution >= 0.6 is 0 Å². The lowest BCUT2D eigenvalue weighted by atomic mass is 10.1. The minimum atomic E-state index is -0.170. The highest BCUT2D eigenvalue weighted by Gasteiger charge is 2.06. The van der Waals surface area contributed by atoms with E-state index in [0.29, 0.717) is 13.2 Å². The van der Waals surface area contributed by atoms with E-state index in [-0.39, 0.29) is 12.5 Å². The van der Waals surface area contributed by atoms with Gasteiger partial charge in [-0.2, -0.15) is 0 Å². The SMILES string of the molecule is COc1ccc(OCCNC(=O)COc2cc(C)c(C)cc2C)cc1. The predicted octanol–water partition coefficient (Wildman–Crippen LogP) is 3.19. The molecule has 0 fully saturated rings. The summed E-state index contributed by atoms with van der Waals surface area (Å²) in [6, 6.07) is 11.3. The van der Waals surface area contributed by atoms with Gasteiger partial charge in [0.15, 0.2) is 6.61 Å². The van der Waals surface area contributed by atoms with Crippen LogP contribution in [0.2, 0.25) is 0 Å². The van der Waals surface area contributed by atoms with Gasteiger partial charge in [0.05, 0.1) is 13.7 Å². The zero-order valence-corrected chi connectivity index (χ0v) is 15.2. The van der Waals surface area contributed by atoms with Crippen LogP contribution in [0.4, 0.5) is 0 Å². The van der Waals surface area contributed by atoms with Crippen LogP contribution < -0.4 is 19.5 Å². The number of aryl methyl sites for hydroxylation is 3. The van der Waals surface area contributed by atoms with Gasteiger partial charge in [0, 0.05) is 0 Å². The van der Waals surface area contributed by atoms with Crippen molar-refractivity contribution in [1.29, 1.82) is 0 Å². The Hall–Kier alpha value is -2.69. The number of methoxy groups -OCH3 is 1. The van der Waals surface area contributed by atoms with Gasteiger partial charge in [0.1, 0.15) is 23.9 Å². The van der Waals surface area contributed by atoms with E-state index in [4.69, 9.17) is 14.2 Å². The molecular formula is C20H25NO4. The number of rotatable bonds is 8. The van der Waals surface area contributed by atoms with Crippen LogP contribution in [-0.4, -0.2) is 32.8 Å². The Morgan fingerprint density at radius 2 is 1.56 bits per heavy atom. The second-order valence-electron chi connectivity index (χ2n) is 5.86. The molecular weight excluding hydrogens is 318 g/mol. The topological polar surface area (TPSA) is 56.8 Å². The molecule has 5 nitrogen and oxygen atoms in total. The van der Waals surface area contributed by atoms with Gasteiger partial charge in [0.25, 0.3) is 5.91 Å². The van der Waals surface area contributed by atoms with Crippen LogP contribution in [0.25, 0.3) is 0 Å². The van der Waals surface area contributed by atoms with Gasteiger partial charge in [-0.15, -0.1) is 0 Å². The molecule has 0 aromatic heterocycles. The van der Waals surface area contributed by atoms with Crippen molar-refractivity contribution < 1.29 is 19.0 Å². The number of carbonyl (C=O) groups is 1. The van der Waals surface area contributed by atoms with Crippen molar-refractivity contribution in [2.75, 3.05) is 26.9 Å². The zero-order valence-electron chi connectivity index (χ0n) is 15.2. The molecule has 0 aliphatic rings. The molecule has 0 spiro atoms. The molecule has 134 valence electrons. The summed E-state index contributed by atoms with van der Waals surface area (Å²) < 4.78 is 16.2. The third kappa shape index (κ3) is 5.71. The highest BCUT2D eigenvalue weighted by atomic mass is 16.5. The lowest BCUT2D eigenvalue weighted by molar-refractivity contribution is -0.123. The van der Waals surface area contributed by atoms with Gasteiger partial charge < -0.3 is 19.5 Å². The van der Waals surface area contributed by atoms with Gasteiger partial charge in [-0.05, 0) is 67.8 Å². The monoisotopic (exact) mass is 343 g/mol. The van der Waals surface area contributed by atoms with Crippen molar-refractivity contribution in [3.05, 3.63) is 53.1 Å². The van der Waals surface area contributed by atoms with Gasteiger partial charge in [0.2, 0.25) is 0 Å². The highest BCUT2D eigenvalue weighted by Crippen LogP contribution is 2.22. The first kappa shape index (κ1) is 18.6. The maximum atomic E-state index is 11.9. The molecule has 0 saturated carbocycles. The lowest BCUT2D eigenvalue weighted by Crippen LogP contribution is -2.32. The van der Waals surface area contributed by atoms with E-state index in [2.05, 4.69) is 18.3 Å². The smallest absolute Gasteiger partial charge is 0.258 e. The summed E-state index contributed by atoms with van der Waals surface area (Å²) in [7, 11) is 1.62. The zero-order chi connectivity index (χ0) is 18.2. The summed E-state index contributed by atoms with van der Waals surface area (Å²) >= 11 is 0. The molecule has 0 aliphatic heterocycles. The van der Waals surface area contributed by atoms with Crippen LogP contribution in [0.3, 0.4) is 0 Å². The Morgan fingerprint density at radius 1 is 0.920 bits per heavy atom. The predicted molar refractivity (Wildman–Crippen MR) is 97.6 cm³/mol. The van der Waals surface area contributed by atoms with Crippen LogP contribution in [-0.2, 0) is 4.79 Å². The van der Waals surface area contributed by atoms with E-state index in [1.54, 1.807) is 7.11 Å². The van der Waals surface area contributed by atoms with Crippen molar-refractivity contribution in [3.8, 4) is 17.2 Å². The van der Waals surface area contributed by atoms with Crippen LogP contribution in [0.5, 0.6) is 17.2 Å². The van der Waals surface area contributed by atoms with Gasteiger partial charge in [-0.25, -0.2) is 0 Å². The molecule has 25 heavy (non-hydrogen) atoms. The first-order chi connectivity index (χ1) is 12.0. The minimum Gasteiger partial charge on any atom is -0.497 e. The summed E-state index contributed by atoms with van der Waals surface area (Å²) in [6.45, 7) is 6.86. The molecule has 0 saturated heterocycles. The molecule has 5 heteroatoms. The van der Waals surface area contributed by atoms with Crippen LogP contribution in [0, 0.1) is 20.8 Å². The van der Waals surface area contributed by atoms with Crippen molar-refractivity contribution >= 4 is 5.91 Å². The van der Waals surface area contributed by atoms with Crippen molar-refractivity contribution in [2.45, 2.75) is 20.8 Å². The number of hydrogen-bond donors (Lipinski definition) is 1. The number of carbonyl (C=O) groups excluding carboxylic acids is 1. The van der Waals surface area contributed by atoms with Gasteiger partial charge in [-0.1, -0.05) is 6.07 Å². The average Bonchev–Trinajstić information content (AvgIpc) is 2.61. The number of benzene rings is 2. The third-order valence-corrected chi connectivity index (χ3v) is 3.90. The average molecular weight is 343 g/mol. The Kier molecular flexibility index (Phi) is 6.69. The molecule has 0 atom stereocenters. The molecule has 1 N–H and O–H groups in total. The van der Waals surface area contributed by atoms with E-state index in [1.807, 2.05) is 44.2 Å². The maximum Gasteiger partial charge on any atom is 0.258 e. The lowest BCUT2D eigenvalue weighted by Gasteiger charge is -2.12. The molecule has 2 rings (SSSR count). The van der Waals surface area contributed by atoms with E-state index in [9.17, 15) is 4.79 Å². The molecule has 0 heterocycles. The van der Waals surface area contributed by atoms with Crippen molar-refractivity contribution in [2.24, 2.45) is 0 Å². The summed E-state index contributed by atoms with van der Waals surface area (Å²) in [6.07, 6.45) is 0.